The summed E-state index contributed by atoms with van der Waals surface area (Å²) in [5, 5.41) is 7.08. The van der Waals surface area contributed by atoms with Gasteiger partial charge in [-0.2, -0.15) is 5.10 Å². The van der Waals surface area contributed by atoms with Crippen molar-refractivity contribution < 1.29 is 9.53 Å². The summed E-state index contributed by atoms with van der Waals surface area (Å²) in [4.78, 5) is 18.6. The van der Waals surface area contributed by atoms with E-state index in [9.17, 15) is 4.79 Å². The third-order valence-corrected chi connectivity index (χ3v) is 4.03. The molecule has 0 aromatic carbocycles. The summed E-state index contributed by atoms with van der Waals surface area (Å²) in [7, 11) is 0. The number of rotatable bonds is 7. The van der Waals surface area contributed by atoms with Gasteiger partial charge in [-0.1, -0.05) is 13.8 Å². The lowest BCUT2D eigenvalue weighted by Gasteiger charge is -2.35. The van der Waals surface area contributed by atoms with Crippen molar-refractivity contribution in [3.63, 3.8) is 0 Å². The van der Waals surface area contributed by atoms with Crippen LogP contribution in [-0.2, 0) is 9.53 Å². The van der Waals surface area contributed by atoms with Gasteiger partial charge >= 0.3 is 0 Å². The molecule has 7 nitrogen and oxygen atoms in total. The van der Waals surface area contributed by atoms with Gasteiger partial charge in [0.15, 0.2) is 0 Å². The molecule has 2 atom stereocenters. The highest BCUT2D eigenvalue weighted by atomic mass is 16.5. The van der Waals surface area contributed by atoms with Crippen molar-refractivity contribution in [3.8, 4) is 0 Å². The summed E-state index contributed by atoms with van der Waals surface area (Å²) in [6.45, 7) is 10.3. The quantitative estimate of drug-likeness (QED) is 0.803. The van der Waals surface area contributed by atoms with Gasteiger partial charge in [-0.3, -0.25) is 9.69 Å². The second-order valence-corrected chi connectivity index (χ2v) is 6.23. The predicted octanol–water partition coefficient (Wildman–Crippen LogP) is 0.702. The van der Waals surface area contributed by atoms with Crippen molar-refractivity contribution in [1.29, 1.82) is 0 Å². The SMILES string of the molecule is CC(C)C[C@H](CNC(=O)[C@H](C)n1cncn1)N1CCOCC1. The number of nitrogens with one attached hydrogen (secondary N) is 1. The zero-order chi connectivity index (χ0) is 15.9. The molecule has 1 aliphatic heterocycles. The Morgan fingerprint density at radius 2 is 2.05 bits per heavy atom. The largest absolute Gasteiger partial charge is 0.379 e. The summed E-state index contributed by atoms with van der Waals surface area (Å²) in [5.74, 6) is 0.574. The predicted molar refractivity (Wildman–Crippen MR) is 83.4 cm³/mol. The van der Waals surface area contributed by atoms with Crippen LogP contribution in [0.3, 0.4) is 0 Å². The number of amides is 1. The van der Waals surface area contributed by atoms with E-state index < -0.39 is 0 Å². The Labute approximate surface area is 132 Å². The van der Waals surface area contributed by atoms with E-state index in [0.717, 1.165) is 32.7 Å². The Morgan fingerprint density at radius 1 is 1.32 bits per heavy atom. The summed E-state index contributed by atoms with van der Waals surface area (Å²) >= 11 is 0. The van der Waals surface area contributed by atoms with Gasteiger partial charge in [0.05, 0.1) is 13.2 Å². The maximum absolute atomic E-state index is 12.3. The molecule has 0 unspecified atom stereocenters. The van der Waals surface area contributed by atoms with Crippen LogP contribution in [0.15, 0.2) is 12.7 Å². The van der Waals surface area contributed by atoms with E-state index in [0.29, 0.717) is 18.5 Å². The highest BCUT2D eigenvalue weighted by Crippen LogP contribution is 2.13. The average Bonchev–Trinajstić information content (AvgIpc) is 3.05. The molecular formula is C15H27N5O2. The zero-order valence-corrected chi connectivity index (χ0v) is 13.7. The minimum Gasteiger partial charge on any atom is -0.379 e. The third-order valence-electron chi connectivity index (χ3n) is 4.03. The molecular weight excluding hydrogens is 282 g/mol. The standard InChI is InChI=1S/C15H27N5O2/c1-12(2)8-14(19-4-6-22-7-5-19)9-17-15(21)13(3)20-11-16-10-18-20/h10-14H,4-9H2,1-3H3,(H,17,21)/t13-,14+/m0/s1. The van der Waals surface area contributed by atoms with Gasteiger partial charge in [0.25, 0.3) is 0 Å². The molecule has 0 spiro atoms. The van der Waals surface area contributed by atoms with E-state index in [1.165, 1.54) is 6.33 Å². The number of morpholine rings is 1. The van der Waals surface area contributed by atoms with Gasteiger partial charge in [0.2, 0.25) is 5.91 Å². The Balaban J connectivity index is 1.88. The molecule has 0 saturated carbocycles. The number of carbonyl (C=O) groups excluding carboxylic acids is 1. The van der Waals surface area contributed by atoms with E-state index in [2.05, 4.69) is 34.1 Å². The van der Waals surface area contributed by atoms with E-state index >= 15 is 0 Å². The van der Waals surface area contributed by atoms with Crippen LogP contribution in [0.25, 0.3) is 0 Å². The van der Waals surface area contributed by atoms with E-state index in [-0.39, 0.29) is 11.9 Å². The molecule has 1 aromatic rings. The number of ether oxygens (including phenoxy) is 1. The topological polar surface area (TPSA) is 72.3 Å². The van der Waals surface area contributed by atoms with Crippen molar-refractivity contribution in [1.82, 2.24) is 25.0 Å². The number of hydrogen-bond acceptors (Lipinski definition) is 5. The van der Waals surface area contributed by atoms with E-state index in [1.54, 1.807) is 11.0 Å². The van der Waals surface area contributed by atoms with Crippen molar-refractivity contribution in [2.75, 3.05) is 32.8 Å². The minimum absolute atomic E-state index is 0.0208. The molecule has 2 rings (SSSR count). The summed E-state index contributed by atoms with van der Waals surface area (Å²) in [5.41, 5.74) is 0. The molecule has 0 aliphatic carbocycles. The fraction of sp³-hybridized carbons (Fsp3) is 0.800. The molecule has 1 saturated heterocycles. The van der Waals surface area contributed by atoms with Crippen molar-refractivity contribution in [2.24, 2.45) is 5.92 Å². The second-order valence-electron chi connectivity index (χ2n) is 6.23. The van der Waals surface area contributed by atoms with Crippen LogP contribution in [0.5, 0.6) is 0 Å². The monoisotopic (exact) mass is 309 g/mol. The third kappa shape index (κ3) is 4.78. The van der Waals surface area contributed by atoms with Gasteiger partial charge in [-0.15, -0.1) is 0 Å². The van der Waals surface area contributed by atoms with Gasteiger partial charge in [0.1, 0.15) is 18.7 Å². The first-order chi connectivity index (χ1) is 10.6. The van der Waals surface area contributed by atoms with Crippen LogP contribution in [0.4, 0.5) is 0 Å². The Bertz CT molecular complexity index is 443. The molecule has 1 fully saturated rings. The van der Waals surface area contributed by atoms with E-state index in [1.807, 2.05) is 6.92 Å². The Hall–Kier alpha value is -1.47. The van der Waals surface area contributed by atoms with Crippen molar-refractivity contribution in [3.05, 3.63) is 12.7 Å². The molecule has 1 aliphatic rings. The highest BCUT2D eigenvalue weighted by Gasteiger charge is 2.23. The molecule has 7 heteroatoms. The van der Waals surface area contributed by atoms with Crippen LogP contribution < -0.4 is 5.32 Å². The Morgan fingerprint density at radius 3 is 2.64 bits per heavy atom. The number of hydrogen-bond donors (Lipinski definition) is 1. The van der Waals surface area contributed by atoms with Crippen molar-refractivity contribution >= 4 is 5.91 Å². The van der Waals surface area contributed by atoms with Crippen LogP contribution in [0.1, 0.15) is 33.2 Å². The number of carbonyl (C=O) groups is 1. The lowest BCUT2D eigenvalue weighted by Crippen LogP contribution is -2.50. The maximum Gasteiger partial charge on any atom is 0.244 e. The maximum atomic E-state index is 12.3. The normalized spacial score (nSPS) is 19.1. The van der Waals surface area contributed by atoms with Crippen LogP contribution in [0, 0.1) is 5.92 Å². The lowest BCUT2D eigenvalue weighted by molar-refractivity contribution is -0.124. The fourth-order valence-corrected chi connectivity index (χ4v) is 2.75. The van der Waals surface area contributed by atoms with E-state index in [4.69, 9.17) is 4.74 Å². The lowest BCUT2D eigenvalue weighted by atomic mass is 10.0. The molecule has 124 valence electrons. The molecule has 22 heavy (non-hydrogen) atoms. The molecule has 1 aromatic heterocycles. The molecule has 1 amide bonds. The summed E-state index contributed by atoms with van der Waals surface area (Å²) in [6, 6.07) is 0.0164. The second kappa shape index (κ2) is 8.24. The summed E-state index contributed by atoms with van der Waals surface area (Å²) in [6.07, 6.45) is 4.08. The average molecular weight is 309 g/mol. The first-order valence-electron chi connectivity index (χ1n) is 8.01. The molecule has 1 N–H and O–H groups in total. The Kier molecular flexibility index (Phi) is 6.33. The van der Waals surface area contributed by atoms with Gasteiger partial charge < -0.3 is 10.1 Å². The fourth-order valence-electron chi connectivity index (χ4n) is 2.75. The molecule has 0 radical (unpaired) electrons. The first kappa shape index (κ1) is 16.9. The molecule has 0 bridgehead atoms. The van der Waals surface area contributed by atoms with Gasteiger partial charge in [-0.05, 0) is 19.3 Å². The van der Waals surface area contributed by atoms with Gasteiger partial charge in [0, 0.05) is 25.7 Å². The smallest absolute Gasteiger partial charge is 0.244 e. The van der Waals surface area contributed by atoms with Gasteiger partial charge in [-0.25, -0.2) is 9.67 Å². The zero-order valence-electron chi connectivity index (χ0n) is 13.7. The number of nitrogens with zero attached hydrogens (tertiary/aromatic N) is 4. The summed E-state index contributed by atoms with van der Waals surface area (Å²) < 4.78 is 6.99. The highest BCUT2D eigenvalue weighted by molar-refractivity contribution is 5.79. The molecule has 2 heterocycles. The van der Waals surface area contributed by atoms with Crippen LogP contribution in [-0.4, -0.2) is 64.5 Å². The van der Waals surface area contributed by atoms with Crippen LogP contribution in [0.2, 0.25) is 0 Å². The van der Waals surface area contributed by atoms with Crippen molar-refractivity contribution in [2.45, 2.75) is 39.3 Å². The first-order valence-corrected chi connectivity index (χ1v) is 8.01. The minimum atomic E-state index is -0.341. The van der Waals surface area contributed by atoms with Crippen LogP contribution >= 0.6 is 0 Å². The number of aromatic nitrogens is 3.